The van der Waals surface area contributed by atoms with Gasteiger partial charge in [-0.25, -0.2) is 4.79 Å². The number of nitrogens with two attached hydrogens (primary N) is 1. The second kappa shape index (κ2) is 6.33. The van der Waals surface area contributed by atoms with Gasteiger partial charge in [0, 0.05) is 4.75 Å². The number of phenols is 1. The quantitative estimate of drug-likeness (QED) is 0.547. The maximum atomic E-state index is 12.4. The third-order valence-corrected chi connectivity index (χ3v) is 6.46. The predicted molar refractivity (Wildman–Crippen MR) is 95.7 cm³/mol. The minimum atomic E-state index is -1.08. The third-order valence-electron chi connectivity index (χ3n) is 4.59. The fraction of sp³-hybridized carbons (Fsp3) is 0.438. The molecule has 0 aliphatic carbocycles. The number of carboxylic acids is 1. The molecular formula is C16H18ClN3O5S. The molecule has 8 nitrogen and oxygen atoms in total. The molecule has 2 fully saturated rings. The molecule has 4 atom stereocenters. The molecule has 0 aromatic heterocycles. The van der Waals surface area contributed by atoms with Crippen molar-refractivity contribution >= 4 is 41.1 Å². The van der Waals surface area contributed by atoms with Crippen LogP contribution in [0.3, 0.4) is 0 Å². The van der Waals surface area contributed by atoms with E-state index in [-0.39, 0.29) is 10.8 Å². The first kappa shape index (κ1) is 18.8. The van der Waals surface area contributed by atoms with Crippen molar-refractivity contribution in [2.75, 3.05) is 0 Å². The van der Waals surface area contributed by atoms with Crippen LogP contribution in [0.5, 0.6) is 5.75 Å². The van der Waals surface area contributed by atoms with E-state index < -0.39 is 46.0 Å². The lowest BCUT2D eigenvalue weighted by Gasteiger charge is -2.43. The zero-order valence-corrected chi connectivity index (χ0v) is 15.5. The molecule has 1 aromatic carbocycles. The van der Waals surface area contributed by atoms with Crippen molar-refractivity contribution in [1.82, 2.24) is 10.2 Å². The van der Waals surface area contributed by atoms with Gasteiger partial charge in [0.1, 0.15) is 29.2 Å². The van der Waals surface area contributed by atoms with E-state index in [2.05, 4.69) is 5.32 Å². The Kier molecular flexibility index (Phi) is 4.58. The Bertz CT molecular complexity index is 802. The summed E-state index contributed by atoms with van der Waals surface area (Å²) in [4.78, 5) is 37.6. The molecule has 5 N–H and O–H groups in total. The summed E-state index contributed by atoms with van der Waals surface area (Å²) >= 11 is 7.16. The standard InChI is InChI=1S/C16H18ClN3O5S/c1-16(2)11(15(24)25)20-13(23)10(14(20)26-16)19-12(22)9(18)6-3-4-8(21)7(17)5-6/h3-5,9-11,14,21H,18H2,1-2H3,(H,19,22)(H,24,25)/t9?,10?,11-,14+/m0/s1. The summed E-state index contributed by atoms with van der Waals surface area (Å²) < 4.78 is -0.668. The molecule has 2 saturated heterocycles. The topological polar surface area (TPSA) is 133 Å². The van der Waals surface area contributed by atoms with Crippen LogP contribution < -0.4 is 11.1 Å². The number of thioether (sulfide) groups is 1. The number of fused-ring (bicyclic) bond motifs is 1. The zero-order chi connectivity index (χ0) is 19.4. The van der Waals surface area contributed by atoms with Gasteiger partial charge in [0.2, 0.25) is 11.8 Å². The lowest BCUT2D eigenvalue weighted by molar-refractivity contribution is -0.161. The molecule has 2 aliphatic heterocycles. The van der Waals surface area contributed by atoms with Crippen molar-refractivity contribution in [2.45, 2.75) is 42.1 Å². The summed E-state index contributed by atoms with van der Waals surface area (Å²) in [5.74, 6) is -2.22. The number of aliphatic carboxylic acids is 1. The van der Waals surface area contributed by atoms with Gasteiger partial charge in [-0.05, 0) is 31.5 Å². The fourth-order valence-corrected chi connectivity index (χ4v) is 5.07. The Morgan fingerprint density at radius 1 is 1.42 bits per heavy atom. The summed E-state index contributed by atoms with van der Waals surface area (Å²) in [6.07, 6.45) is 0. The highest BCUT2D eigenvalue weighted by Gasteiger charge is 2.64. The molecule has 1 aromatic rings. The third kappa shape index (κ3) is 2.89. The van der Waals surface area contributed by atoms with Crippen molar-refractivity contribution < 1.29 is 24.6 Å². The summed E-state index contributed by atoms with van der Waals surface area (Å²) in [5, 5.41) is 21.0. The number of hydrogen-bond donors (Lipinski definition) is 4. The number of amides is 2. The largest absolute Gasteiger partial charge is 0.506 e. The number of rotatable bonds is 4. The molecule has 0 spiro atoms. The molecule has 10 heteroatoms. The molecule has 2 aliphatic rings. The van der Waals surface area contributed by atoms with Gasteiger partial charge in [-0.2, -0.15) is 0 Å². The summed E-state index contributed by atoms with van der Waals surface area (Å²) in [5.41, 5.74) is 6.30. The Labute approximate surface area is 158 Å². The first-order valence-electron chi connectivity index (χ1n) is 7.82. The molecule has 3 rings (SSSR count). The monoisotopic (exact) mass is 399 g/mol. The smallest absolute Gasteiger partial charge is 0.327 e. The van der Waals surface area contributed by atoms with Crippen LogP contribution in [0.15, 0.2) is 18.2 Å². The lowest BCUT2D eigenvalue weighted by atomic mass is 9.95. The SMILES string of the molecule is CC1(C)S[C@@H]2C(NC(=O)C(N)c3ccc(O)c(Cl)c3)C(=O)N2[C@H]1C(=O)O. The number of β-lactam (4-membered cyclic amide) rings is 1. The Balaban J connectivity index is 1.72. The van der Waals surface area contributed by atoms with Gasteiger partial charge in [-0.15, -0.1) is 11.8 Å². The summed E-state index contributed by atoms with van der Waals surface area (Å²) in [6, 6.07) is 1.33. The molecule has 2 unspecified atom stereocenters. The van der Waals surface area contributed by atoms with Gasteiger partial charge in [-0.1, -0.05) is 17.7 Å². The molecule has 0 bridgehead atoms. The highest BCUT2D eigenvalue weighted by atomic mass is 35.5. The molecule has 26 heavy (non-hydrogen) atoms. The van der Waals surface area contributed by atoms with Crippen molar-refractivity contribution in [3.63, 3.8) is 0 Å². The number of phenolic OH excluding ortho intramolecular Hbond substituents is 1. The Hall–Kier alpha value is -1.97. The van der Waals surface area contributed by atoms with Gasteiger partial charge >= 0.3 is 5.97 Å². The Morgan fingerprint density at radius 2 is 2.08 bits per heavy atom. The average molecular weight is 400 g/mol. The van der Waals surface area contributed by atoms with E-state index in [1.165, 1.54) is 34.9 Å². The second-order valence-electron chi connectivity index (χ2n) is 6.77. The normalized spacial score (nSPS) is 27.5. The number of hydrogen-bond acceptors (Lipinski definition) is 6. The van der Waals surface area contributed by atoms with E-state index in [4.69, 9.17) is 17.3 Å². The van der Waals surface area contributed by atoms with Crippen LogP contribution >= 0.6 is 23.4 Å². The van der Waals surface area contributed by atoms with Crippen LogP contribution in [0.1, 0.15) is 25.5 Å². The average Bonchev–Trinajstić information content (AvgIpc) is 2.82. The molecule has 140 valence electrons. The molecule has 2 heterocycles. The van der Waals surface area contributed by atoms with Crippen LogP contribution in [-0.4, -0.2) is 55.1 Å². The van der Waals surface area contributed by atoms with Crippen LogP contribution in [0.25, 0.3) is 0 Å². The van der Waals surface area contributed by atoms with Crippen LogP contribution in [0.4, 0.5) is 0 Å². The molecule has 0 saturated carbocycles. The van der Waals surface area contributed by atoms with E-state index >= 15 is 0 Å². The van der Waals surface area contributed by atoms with Crippen LogP contribution in [0, 0.1) is 0 Å². The maximum absolute atomic E-state index is 12.4. The first-order chi connectivity index (χ1) is 12.0. The minimum absolute atomic E-state index is 0.0639. The Morgan fingerprint density at radius 3 is 2.65 bits per heavy atom. The zero-order valence-electron chi connectivity index (χ0n) is 14.0. The minimum Gasteiger partial charge on any atom is -0.506 e. The highest BCUT2D eigenvalue weighted by molar-refractivity contribution is 8.01. The summed E-state index contributed by atoms with van der Waals surface area (Å²) in [6.45, 7) is 3.51. The number of benzene rings is 1. The first-order valence-corrected chi connectivity index (χ1v) is 9.07. The molecular weight excluding hydrogens is 382 g/mol. The number of nitrogens with zero attached hydrogens (tertiary/aromatic N) is 1. The number of carboxylic acid groups (broad SMARTS) is 1. The van der Waals surface area contributed by atoms with Crippen molar-refractivity contribution in [3.8, 4) is 5.75 Å². The maximum Gasteiger partial charge on any atom is 0.327 e. The van der Waals surface area contributed by atoms with Crippen molar-refractivity contribution in [1.29, 1.82) is 0 Å². The van der Waals surface area contributed by atoms with E-state index in [1.54, 1.807) is 13.8 Å². The lowest BCUT2D eigenvalue weighted by Crippen LogP contribution is -2.71. The second-order valence-corrected chi connectivity index (χ2v) is 8.95. The van der Waals surface area contributed by atoms with Gasteiger partial charge in [-0.3, -0.25) is 9.59 Å². The van der Waals surface area contributed by atoms with Crippen LogP contribution in [-0.2, 0) is 14.4 Å². The van der Waals surface area contributed by atoms with Crippen molar-refractivity contribution in [3.05, 3.63) is 28.8 Å². The number of carbonyl (C=O) groups excluding carboxylic acids is 2. The van der Waals surface area contributed by atoms with Crippen molar-refractivity contribution in [2.24, 2.45) is 5.73 Å². The van der Waals surface area contributed by atoms with Gasteiger partial charge in [0.25, 0.3) is 0 Å². The van der Waals surface area contributed by atoms with Gasteiger partial charge in [0.05, 0.1) is 5.02 Å². The summed E-state index contributed by atoms with van der Waals surface area (Å²) in [7, 11) is 0. The van der Waals surface area contributed by atoms with E-state index in [9.17, 15) is 24.6 Å². The molecule has 2 amide bonds. The highest BCUT2D eigenvalue weighted by Crippen LogP contribution is 2.50. The van der Waals surface area contributed by atoms with E-state index in [1.807, 2.05) is 0 Å². The van der Waals surface area contributed by atoms with E-state index in [0.717, 1.165) is 0 Å². The number of aromatic hydroxyl groups is 1. The molecule has 0 radical (unpaired) electrons. The van der Waals surface area contributed by atoms with Gasteiger partial charge in [0.15, 0.2) is 0 Å². The van der Waals surface area contributed by atoms with Crippen LogP contribution in [0.2, 0.25) is 5.02 Å². The predicted octanol–water partition coefficient (Wildman–Crippen LogP) is 0.677. The number of halogens is 1. The number of nitrogens with one attached hydrogen (secondary N) is 1. The number of carbonyl (C=O) groups is 3. The van der Waals surface area contributed by atoms with E-state index in [0.29, 0.717) is 5.56 Å². The fourth-order valence-electron chi connectivity index (χ4n) is 3.26. The van der Waals surface area contributed by atoms with Gasteiger partial charge < -0.3 is 26.2 Å².